The average Bonchev–Trinajstić information content (AvgIpc) is 2.70. The quantitative estimate of drug-likeness (QED) is 0.875. The number of hydrogen-bond acceptors (Lipinski definition) is 3. The number of anilines is 1. The van der Waals surface area contributed by atoms with E-state index in [2.05, 4.69) is 5.32 Å². The molecule has 0 radical (unpaired) electrons. The van der Waals surface area contributed by atoms with Gasteiger partial charge in [-0.2, -0.15) is 0 Å². The summed E-state index contributed by atoms with van der Waals surface area (Å²) >= 11 is 1.31. The Kier molecular flexibility index (Phi) is 3.62. The third-order valence-electron chi connectivity index (χ3n) is 2.74. The molecule has 1 heterocycles. The van der Waals surface area contributed by atoms with Crippen molar-refractivity contribution in [1.29, 1.82) is 5.41 Å². The number of nitrogens with zero attached hydrogens (tertiary/aromatic N) is 1. The van der Waals surface area contributed by atoms with E-state index in [0.29, 0.717) is 4.80 Å². The summed E-state index contributed by atoms with van der Waals surface area (Å²) in [5.74, 6) is -0.107. The number of thiazole rings is 1. The topological polar surface area (TPSA) is 57.9 Å². The van der Waals surface area contributed by atoms with E-state index >= 15 is 0 Å². The van der Waals surface area contributed by atoms with Crippen LogP contribution < -0.4 is 10.1 Å². The van der Waals surface area contributed by atoms with E-state index < -0.39 is 0 Å². The highest BCUT2D eigenvalue weighted by atomic mass is 32.1. The first-order valence-corrected chi connectivity index (χ1v) is 6.50. The molecule has 94 valence electrons. The van der Waals surface area contributed by atoms with Crippen LogP contribution >= 0.6 is 11.3 Å². The van der Waals surface area contributed by atoms with Crippen LogP contribution in [0.4, 0.5) is 5.69 Å². The number of benzene rings is 1. The summed E-state index contributed by atoms with van der Waals surface area (Å²) < 4.78 is 1.62. The van der Waals surface area contributed by atoms with Crippen molar-refractivity contribution in [3.05, 3.63) is 45.7 Å². The highest BCUT2D eigenvalue weighted by Crippen LogP contribution is 2.19. The molecule has 0 aliphatic heterocycles. The number of carbonyl (C=O) groups excluding carboxylic acids is 1. The molecule has 4 nitrogen and oxygen atoms in total. The Hall–Kier alpha value is -1.88. The first kappa shape index (κ1) is 12.6. The number of aromatic nitrogens is 1. The number of aryl methyl sites for hydroxylation is 2. The highest BCUT2D eigenvalue weighted by Gasteiger charge is 2.08. The summed E-state index contributed by atoms with van der Waals surface area (Å²) in [6.07, 6.45) is 1.75. The Labute approximate surface area is 109 Å². The van der Waals surface area contributed by atoms with Crippen LogP contribution in [0.5, 0.6) is 0 Å². The van der Waals surface area contributed by atoms with Crippen LogP contribution in [0, 0.1) is 19.3 Å². The lowest BCUT2D eigenvalue weighted by molar-refractivity contribution is -0.116. The zero-order chi connectivity index (χ0) is 13.1. The fraction of sp³-hybridized carbons (Fsp3) is 0.231. The Bertz CT molecular complexity index is 607. The van der Waals surface area contributed by atoms with Crippen molar-refractivity contribution in [2.45, 2.75) is 20.4 Å². The van der Waals surface area contributed by atoms with Crippen LogP contribution in [0.25, 0.3) is 0 Å². The number of hydrogen-bond donors (Lipinski definition) is 2. The van der Waals surface area contributed by atoms with Crippen molar-refractivity contribution in [3.63, 3.8) is 0 Å². The molecular formula is C13H15N3OS. The number of rotatable bonds is 3. The van der Waals surface area contributed by atoms with Gasteiger partial charge in [0.15, 0.2) is 4.80 Å². The van der Waals surface area contributed by atoms with Gasteiger partial charge in [0.1, 0.15) is 6.54 Å². The van der Waals surface area contributed by atoms with Crippen LogP contribution in [-0.4, -0.2) is 10.5 Å². The van der Waals surface area contributed by atoms with Gasteiger partial charge < -0.3 is 9.88 Å². The molecule has 0 atom stereocenters. The number of nitrogens with one attached hydrogen (secondary N) is 2. The normalized spacial score (nSPS) is 10.3. The molecule has 18 heavy (non-hydrogen) atoms. The monoisotopic (exact) mass is 261 g/mol. The summed E-state index contributed by atoms with van der Waals surface area (Å²) in [5, 5.41) is 12.3. The molecule has 0 aliphatic rings. The number of carbonyl (C=O) groups is 1. The van der Waals surface area contributed by atoms with E-state index in [1.165, 1.54) is 11.3 Å². The molecule has 0 spiro atoms. The van der Waals surface area contributed by atoms with E-state index in [1.807, 2.05) is 32.0 Å². The van der Waals surface area contributed by atoms with Gasteiger partial charge >= 0.3 is 0 Å². The number of amides is 1. The van der Waals surface area contributed by atoms with E-state index in [0.717, 1.165) is 16.8 Å². The van der Waals surface area contributed by atoms with Crippen molar-refractivity contribution in [1.82, 2.24) is 4.57 Å². The summed E-state index contributed by atoms with van der Waals surface area (Å²) in [6, 6.07) is 5.91. The lowest BCUT2D eigenvalue weighted by Gasteiger charge is -2.11. The maximum absolute atomic E-state index is 11.9. The zero-order valence-corrected chi connectivity index (χ0v) is 11.2. The van der Waals surface area contributed by atoms with E-state index in [9.17, 15) is 4.79 Å². The molecule has 0 bridgehead atoms. The largest absolute Gasteiger partial charge is 0.324 e. The minimum Gasteiger partial charge on any atom is -0.324 e. The second kappa shape index (κ2) is 5.18. The zero-order valence-electron chi connectivity index (χ0n) is 10.4. The molecule has 0 saturated carbocycles. The third kappa shape index (κ3) is 2.68. The minimum absolute atomic E-state index is 0.107. The lowest BCUT2D eigenvalue weighted by Crippen LogP contribution is -2.24. The fourth-order valence-electron chi connectivity index (χ4n) is 1.77. The van der Waals surface area contributed by atoms with Gasteiger partial charge in [0, 0.05) is 17.3 Å². The predicted octanol–water partition coefficient (Wildman–Crippen LogP) is 2.28. The first-order chi connectivity index (χ1) is 8.58. The predicted molar refractivity (Wildman–Crippen MR) is 72.7 cm³/mol. The Morgan fingerprint density at radius 3 is 2.61 bits per heavy atom. The molecule has 0 unspecified atom stereocenters. The van der Waals surface area contributed by atoms with Crippen molar-refractivity contribution < 1.29 is 4.79 Å². The van der Waals surface area contributed by atoms with Gasteiger partial charge in [0.05, 0.1) is 0 Å². The maximum atomic E-state index is 11.9. The molecule has 1 aromatic heterocycles. The Morgan fingerprint density at radius 1 is 1.39 bits per heavy atom. The molecule has 2 N–H and O–H groups in total. The smallest absolute Gasteiger partial charge is 0.244 e. The first-order valence-electron chi connectivity index (χ1n) is 5.62. The maximum Gasteiger partial charge on any atom is 0.244 e. The van der Waals surface area contributed by atoms with E-state index in [1.54, 1.807) is 16.1 Å². The summed E-state index contributed by atoms with van der Waals surface area (Å²) in [5.41, 5.74) is 2.96. The summed E-state index contributed by atoms with van der Waals surface area (Å²) in [7, 11) is 0. The Balaban J connectivity index is 2.13. The van der Waals surface area contributed by atoms with Gasteiger partial charge in [0.2, 0.25) is 5.91 Å². The van der Waals surface area contributed by atoms with Gasteiger partial charge in [-0.05, 0) is 25.0 Å². The van der Waals surface area contributed by atoms with Gasteiger partial charge in [-0.3, -0.25) is 10.2 Å². The summed E-state index contributed by atoms with van der Waals surface area (Å²) in [4.78, 5) is 12.3. The van der Waals surface area contributed by atoms with Gasteiger partial charge in [0.25, 0.3) is 0 Å². The van der Waals surface area contributed by atoms with Crippen molar-refractivity contribution >= 4 is 22.9 Å². The van der Waals surface area contributed by atoms with Crippen LogP contribution in [0.2, 0.25) is 0 Å². The molecule has 0 fully saturated rings. The van der Waals surface area contributed by atoms with E-state index in [-0.39, 0.29) is 12.5 Å². The second-order valence-electron chi connectivity index (χ2n) is 4.15. The van der Waals surface area contributed by atoms with Crippen LogP contribution in [-0.2, 0) is 11.3 Å². The van der Waals surface area contributed by atoms with Crippen molar-refractivity contribution in [3.8, 4) is 0 Å². The molecular weight excluding hydrogens is 246 g/mol. The third-order valence-corrected chi connectivity index (χ3v) is 3.46. The molecule has 1 aromatic carbocycles. The summed E-state index contributed by atoms with van der Waals surface area (Å²) in [6.45, 7) is 4.11. The molecule has 2 rings (SSSR count). The van der Waals surface area contributed by atoms with Crippen LogP contribution in [0.3, 0.4) is 0 Å². The molecule has 0 aliphatic carbocycles. The SMILES string of the molecule is Cc1cccc(C)c1NC(=O)Cn1ccsc1=N. The van der Waals surface area contributed by atoms with Crippen LogP contribution in [0.1, 0.15) is 11.1 Å². The second-order valence-corrected chi connectivity index (χ2v) is 5.05. The standard InChI is InChI=1S/C13H15N3OS/c1-9-4-3-5-10(2)12(9)15-11(17)8-16-6-7-18-13(16)14/h3-7,14H,8H2,1-2H3,(H,15,17). The Morgan fingerprint density at radius 2 is 2.06 bits per heavy atom. The molecule has 2 aromatic rings. The van der Waals surface area contributed by atoms with Crippen molar-refractivity contribution in [2.24, 2.45) is 0 Å². The highest BCUT2D eigenvalue weighted by molar-refractivity contribution is 7.06. The van der Waals surface area contributed by atoms with Gasteiger partial charge in [-0.25, -0.2) is 0 Å². The number of para-hydroxylation sites is 1. The van der Waals surface area contributed by atoms with Crippen LogP contribution in [0.15, 0.2) is 29.8 Å². The minimum atomic E-state index is -0.107. The molecule has 0 saturated heterocycles. The average molecular weight is 261 g/mol. The van der Waals surface area contributed by atoms with Gasteiger partial charge in [-0.1, -0.05) is 18.2 Å². The van der Waals surface area contributed by atoms with E-state index in [4.69, 9.17) is 5.41 Å². The molecule has 1 amide bonds. The van der Waals surface area contributed by atoms with Crippen molar-refractivity contribution in [2.75, 3.05) is 5.32 Å². The van der Waals surface area contributed by atoms with Gasteiger partial charge in [-0.15, -0.1) is 11.3 Å². The lowest BCUT2D eigenvalue weighted by atomic mass is 10.1. The fourth-order valence-corrected chi connectivity index (χ4v) is 2.37. The molecule has 5 heteroatoms.